The molecule has 1 aromatic heterocycles. The van der Waals surface area contributed by atoms with Gasteiger partial charge in [-0.25, -0.2) is 0 Å². The van der Waals surface area contributed by atoms with Crippen LogP contribution in [0.15, 0.2) is 42.7 Å². The van der Waals surface area contributed by atoms with Crippen molar-refractivity contribution in [2.75, 3.05) is 5.73 Å². The molecular formula is C13H11F3N2O. The summed E-state index contributed by atoms with van der Waals surface area (Å²) >= 11 is 0. The number of halogens is 3. The van der Waals surface area contributed by atoms with E-state index >= 15 is 0 Å². The molecule has 6 heteroatoms. The second kappa shape index (κ2) is 5.17. The molecule has 0 aliphatic rings. The Balaban J connectivity index is 2.10. The summed E-state index contributed by atoms with van der Waals surface area (Å²) < 4.78 is 42.7. The van der Waals surface area contributed by atoms with Gasteiger partial charge in [0.1, 0.15) is 12.4 Å². The fourth-order valence-electron chi connectivity index (χ4n) is 1.50. The smallest absolute Gasteiger partial charge is 0.416 e. The van der Waals surface area contributed by atoms with E-state index in [4.69, 9.17) is 10.5 Å². The topological polar surface area (TPSA) is 48.1 Å². The highest BCUT2D eigenvalue weighted by Gasteiger charge is 2.30. The first kappa shape index (κ1) is 13.2. The van der Waals surface area contributed by atoms with E-state index in [0.717, 1.165) is 17.7 Å². The van der Waals surface area contributed by atoms with Crippen molar-refractivity contribution >= 4 is 5.69 Å². The second-order valence-electron chi connectivity index (χ2n) is 3.90. The maximum atomic E-state index is 12.4. The zero-order valence-electron chi connectivity index (χ0n) is 9.82. The number of rotatable bonds is 3. The van der Waals surface area contributed by atoms with Gasteiger partial charge in [0, 0.05) is 18.0 Å². The highest BCUT2D eigenvalue weighted by Crippen LogP contribution is 2.33. The number of hydrogen-bond acceptors (Lipinski definition) is 3. The number of nitrogens with zero attached hydrogens (tertiary/aromatic N) is 1. The standard InChI is InChI=1S/C13H11F3N2O/c14-13(15,16)10-3-4-12(11(17)6-10)19-8-9-2-1-5-18-7-9/h1-7H,8,17H2. The molecular weight excluding hydrogens is 257 g/mol. The lowest BCUT2D eigenvalue weighted by Crippen LogP contribution is -2.06. The summed E-state index contributed by atoms with van der Waals surface area (Å²) in [6, 6.07) is 6.56. The van der Waals surface area contributed by atoms with Gasteiger partial charge in [-0.05, 0) is 24.3 Å². The number of nitrogen functional groups attached to an aromatic ring is 1. The summed E-state index contributed by atoms with van der Waals surface area (Å²) in [6.45, 7) is 0.198. The molecule has 0 unspecified atom stereocenters. The summed E-state index contributed by atoms with van der Waals surface area (Å²) in [6.07, 6.45) is -1.17. The van der Waals surface area contributed by atoms with Gasteiger partial charge in [-0.1, -0.05) is 6.07 Å². The molecule has 0 aliphatic carbocycles. The van der Waals surface area contributed by atoms with Crippen LogP contribution in [-0.4, -0.2) is 4.98 Å². The predicted octanol–water partition coefficient (Wildman–Crippen LogP) is 3.26. The average molecular weight is 268 g/mol. The number of pyridine rings is 1. The van der Waals surface area contributed by atoms with E-state index in [0.29, 0.717) is 0 Å². The fraction of sp³-hybridized carbons (Fsp3) is 0.154. The fourth-order valence-corrected chi connectivity index (χ4v) is 1.50. The van der Waals surface area contributed by atoms with Crippen molar-refractivity contribution in [1.29, 1.82) is 0 Å². The van der Waals surface area contributed by atoms with Crippen molar-refractivity contribution < 1.29 is 17.9 Å². The van der Waals surface area contributed by atoms with E-state index in [-0.39, 0.29) is 18.0 Å². The number of benzene rings is 1. The number of nitrogens with two attached hydrogens (primary N) is 1. The Hall–Kier alpha value is -2.24. The molecule has 0 amide bonds. The van der Waals surface area contributed by atoms with Crippen molar-refractivity contribution in [3.05, 3.63) is 53.9 Å². The van der Waals surface area contributed by atoms with E-state index in [1.165, 1.54) is 6.07 Å². The molecule has 100 valence electrons. The van der Waals surface area contributed by atoms with Crippen molar-refractivity contribution in [3.8, 4) is 5.75 Å². The van der Waals surface area contributed by atoms with E-state index in [9.17, 15) is 13.2 Å². The van der Waals surface area contributed by atoms with E-state index in [2.05, 4.69) is 4.98 Å². The molecule has 0 bridgehead atoms. The molecule has 3 nitrogen and oxygen atoms in total. The van der Waals surface area contributed by atoms with Crippen LogP contribution in [0.5, 0.6) is 5.75 Å². The molecule has 1 aromatic carbocycles. The summed E-state index contributed by atoms with van der Waals surface area (Å²) in [5, 5.41) is 0. The normalized spacial score (nSPS) is 11.3. The Bertz CT molecular complexity index is 556. The molecule has 2 N–H and O–H groups in total. The third-order valence-electron chi connectivity index (χ3n) is 2.45. The molecule has 0 radical (unpaired) electrons. The number of anilines is 1. The average Bonchev–Trinajstić information content (AvgIpc) is 2.37. The molecule has 1 heterocycles. The van der Waals surface area contributed by atoms with Crippen LogP contribution in [0.2, 0.25) is 0 Å². The van der Waals surface area contributed by atoms with Gasteiger partial charge in [0.2, 0.25) is 0 Å². The molecule has 0 aliphatic heterocycles. The van der Waals surface area contributed by atoms with Crippen molar-refractivity contribution in [2.45, 2.75) is 12.8 Å². The van der Waals surface area contributed by atoms with E-state index < -0.39 is 11.7 Å². The van der Waals surface area contributed by atoms with Gasteiger partial charge in [-0.15, -0.1) is 0 Å². The number of alkyl halides is 3. The molecule has 2 aromatic rings. The highest BCUT2D eigenvalue weighted by atomic mass is 19.4. The Labute approximate surface area is 107 Å². The summed E-state index contributed by atoms with van der Waals surface area (Å²) in [5.74, 6) is 0.219. The Morgan fingerprint density at radius 1 is 1.21 bits per heavy atom. The maximum absolute atomic E-state index is 12.4. The van der Waals surface area contributed by atoms with E-state index in [1.54, 1.807) is 24.5 Å². The summed E-state index contributed by atoms with van der Waals surface area (Å²) in [5.41, 5.74) is 5.51. The highest BCUT2D eigenvalue weighted by molar-refractivity contribution is 5.54. The third kappa shape index (κ3) is 3.37. The van der Waals surface area contributed by atoms with Crippen molar-refractivity contribution in [1.82, 2.24) is 4.98 Å². The first-order valence-electron chi connectivity index (χ1n) is 5.45. The Morgan fingerprint density at radius 3 is 2.58 bits per heavy atom. The van der Waals surface area contributed by atoms with Gasteiger partial charge < -0.3 is 10.5 Å². The van der Waals surface area contributed by atoms with Crippen molar-refractivity contribution in [3.63, 3.8) is 0 Å². The van der Waals surface area contributed by atoms with E-state index in [1.807, 2.05) is 0 Å². The molecule has 0 atom stereocenters. The summed E-state index contributed by atoms with van der Waals surface area (Å²) in [7, 11) is 0. The Kier molecular flexibility index (Phi) is 3.59. The lowest BCUT2D eigenvalue weighted by molar-refractivity contribution is -0.137. The van der Waals surface area contributed by atoms with Crippen LogP contribution in [0.25, 0.3) is 0 Å². The number of aromatic nitrogens is 1. The monoisotopic (exact) mass is 268 g/mol. The minimum absolute atomic E-state index is 0.0429. The van der Waals surface area contributed by atoms with Crippen LogP contribution in [0, 0.1) is 0 Å². The molecule has 2 rings (SSSR count). The third-order valence-corrected chi connectivity index (χ3v) is 2.45. The lowest BCUT2D eigenvalue weighted by Gasteiger charge is -2.12. The SMILES string of the molecule is Nc1cc(C(F)(F)F)ccc1OCc1cccnc1. The molecule has 0 saturated heterocycles. The Morgan fingerprint density at radius 2 is 2.00 bits per heavy atom. The van der Waals surface area contributed by atoms with Crippen LogP contribution < -0.4 is 10.5 Å². The largest absolute Gasteiger partial charge is 0.487 e. The predicted molar refractivity (Wildman–Crippen MR) is 64.4 cm³/mol. The quantitative estimate of drug-likeness (QED) is 0.869. The van der Waals surface area contributed by atoms with Crippen LogP contribution in [0.3, 0.4) is 0 Å². The maximum Gasteiger partial charge on any atom is 0.416 e. The molecule has 19 heavy (non-hydrogen) atoms. The number of ether oxygens (including phenoxy) is 1. The second-order valence-corrected chi connectivity index (χ2v) is 3.90. The number of hydrogen-bond donors (Lipinski definition) is 1. The minimum atomic E-state index is -4.41. The van der Waals surface area contributed by atoms with Gasteiger partial charge in [0.05, 0.1) is 11.3 Å². The van der Waals surface area contributed by atoms with Gasteiger partial charge in [0.25, 0.3) is 0 Å². The van der Waals surface area contributed by atoms with Crippen LogP contribution in [-0.2, 0) is 12.8 Å². The van der Waals surface area contributed by atoms with Gasteiger partial charge in [-0.3, -0.25) is 4.98 Å². The minimum Gasteiger partial charge on any atom is -0.487 e. The first-order chi connectivity index (χ1) is 8.97. The molecule has 0 fully saturated rings. The van der Waals surface area contributed by atoms with Gasteiger partial charge >= 0.3 is 6.18 Å². The van der Waals surface area contributed by atoms with Crippen LogP contribution in [0.4, 0.5) is 18.9 Å². The van der Waals surface area contributed by atoms with Gasteiger partial charge in [-0.2, -0.15) is 13.2 Å². The zero-order valence-corrected chi connectivity index (χ0v) is 9.82. The lowest BCUT2D eigenvalue weighted by atomic mass is 10.2. The summed E-state index contributed by atoms with van der Waals surface area (Å²) in [4.78, 5) is 3.91. The molecule has 0 spiro atoms. The first-order valence-corrected chi connectivity index (χ1v) is 5.45. The van der Waals surface area contributed by atoms with Gasteiger partial charge in [0.15, 0.2) is 0 Å². The van der Waals surface area contributed by atoms with Crippen LogP contribution >= 0.6 is 0 Å². The van der Waals surface area contributed by atoms with Crippen LogP contribution in [0.1, 0.15) is 11.1 Å². The molecule has 0 saturated carbocycles. The zero-order chi connectivity index (χ0) is 13.9. The van der Waals surface area contributed by atoms with Crippen molar-refractivity contribution in [2.24, 2.45) is 0 Å².